The molecular formula is C28H25Cl2N5OS. The van der Waals surface area contributed by atoms with Gasteiger partial charge in [0.05, 0.1) is 35.7 Å². The highest BCUT2D eigenvalue weighted by Gasteiger charge is 2.42. The van der Waals surface area contributed by atoms with Crippen molar-refractivity contribution < 1.29 is 4.74 Å². The highest BCUT2D eigenvalue weighted by atomic mass is 35.5. The summed E-state index contributed by atoms with van der Waals surface area (Å²) < 4.78 is 7.61. The first kappa shape index (κ1) is 24.2. The summed E-state index contributed by atoms with van der Waals surface area (Å²) in [6, 6.07) is 23.9. The molecule has 2 aliphatic rings. The first-order chi connectivity index (χ1) is 18.1. The lowest BCUT2D eigenvalue weighted by atomic mass is 10.0. The maximum absolute atomic E-state index is 6.64. The number of halogens is 2. The number of thiocarbonyl (C=S) groups is 1. The lowest BCUT2D eigenvalue weighted by Crippen LogP contribution is -2.36. The number of morpholine rings is 1. The second kappa shape index (κ2) is 10.3. The fourth-order valence-electron chi connectivity index (χ4n) is 5.11. The van der Waals surface area contributed by atoms with E-state index in [1.54, 1.807) is 6.07 Å². The van der Waals surface area contributed by atoms with E-state index in [-0.39, 0.29) is 12.1 Å². The molecule has 4 aromatic rings. The molecule has 4 heterocycles. The van der Waals surface area contributed by atoms with E-state index in [9.17, 15) is 0 Å². The largest absolute Gasteiger partial charge is 0.378 e. The minimum Gasteiger partial charge on any atom is -0.378 e. The van der Waals surface area contributed by atoms with Gasteiger partial charge in [-0.1, -0.05) is 29.3 Å². The normalized spacial score (nSPS) is 19.8. The molecule has 0 unspecified atom stereocenters. The molecule has 9 heteroatoms. The maximum atomic E-state index is 6.64. The molecule has 0 spiro atoms. The Balaban J connectivity index is 1.43. The maximum Gasteiger partial charge on any atom is 0.174 e. The van der Waals surface area contributed by atoms with Gasteiger partial charge in [-0.05, 0) is 78.9 Å². The second-order valence-corrected chi connectivity index (χ2v) is 10.2. The molecule has 0 aliphatic carbocycles. The summed E-state index contributed by atoms with van der Waals surface area (Å²) in [4.78, 5) is 9.19. The zero-order valence-electron chi connectivity index (χ0n) is 19.9. The number of rotatable bonds is 5. The average Bonchev–Trinajstić information content (AvgIpc) is 3.54. The Hall–Kier alpha value is -3.10. The summed E-state index contributed by atoms with van der Waals surface area (Å²) in [6.07, 6.45) is 3.83. The Morgan fingerprint density at radius 1 is 0.919 bits per heavy atom. The Morgan fingerprint density at radius 3 is 2.43 bits per heavy atom. The average molecular weight is 551 g/mol. The third-order valence-electron chi connectivity index (χ3n) is 6.85. The van der Waals surface area contributed by atoms with E-state index in [4.69, 9.17) is 40.2 Å². The van der Waals surface area contributed by atoms with Crippen LogP contribution in [0.1, 0.15) is 23.5 Å². The molecular weight excluding hydrogens is 525 g/mol. The summed E-state index contributed by atoms with van der Waals surface area (Å²) in [6.45, 7) is 3.28. The van der Waals surface area contributed by atoms with Gasteiger partial charge in [-0.15, -0.1) is 0 Å². The SMILES string of the molecule is S=C1N[C@@H](c2ccccn2)[C@H](c2cccn2-c2ccc(Cl)cc2Cl)N1c1ccc(N2CCOCC2)cc1. The molecule has 37 heavy (non-hydrogen) atoms. The van der Waals surface area contributed by atoms with E-state index >= 15 is 0 Å². The van der Waals surface area contributed by atoms with Crippen LogP contribution in [0.5, 0.6) is 0 Å². The van der Waals surface area contributed by atoms with E-state index in [0.29, 0.717) is 15.2 Å². The highest BCUT2D eigenvalue weighted by Crippen LogP contribution is 2.43. The van der Waals surface area contributed by atoms with E-state index in [2.05, 4.69) is 55.0 Å². The smallest absolute Gasteiger partial charge is 0.174 e. The molecule has 2 aromatic carbocycles. The first-order valence-electron chi connectivity index (χ1n) is 12.2. The van der Waals surface area contributed by atoms with Crippen molar-refractivity contribution in [2.75, 3.05) is 36.1 Å². The Kier molecular flexibility index (Phi) is 6.78. The van der Waals surface area contributed by atoms with Gasteiger partial charge in [0.1, 0.15) is 6.04 Å². The Bertz CT molecular complexity index is 1410. The summed E-state index contributed by atoms with van der Waals surface area (Å²) in [5, 5.41) is 5.36. The van der Waals surface area contributed by atoms with Gasteiger partial charge in [-0.3, -0.25) is 4.98 Å². The van der Waals surface area contributed by atoms with Crippen molar-refractivity contribution in [3.63, 3.8) is 0 Å². The predicted octanol–water partition coefficient (Wildman–Crippen LogP) is 6.19. The molecule has 188 valence electrons. The Labute approximate surface area is 231 Å². The van der Waals surface area contributed by atoms with Crippen LogP contribution >= 0.6 is 35.4 Å². The fraction of sp³-hybridized carbons (Fsp3) is 0.214. The van der Waals surface area contributed by atoms with Crippen molar-refractivity contribution in [1.82, 2.24) is 14.9 Å². The number of hydrogen-bond donors (Lipinski definition) is 1. The number of hydrogen-bond acceptors (Lipinski definition) is 4. The van der Waals surface area contributed by atoms with Crippen molar-refractivity contribution in [2.24, 2.45) is 0 Å². The molecule has 2 atom stereocenters. The standard InChI is InChI=1S/C28H25Cl2N5OS/c29-19-6-11-24(22(30)18-19)34-13-3-5-25(34)27-26(23-4-1-2-12-31-23)32-28(37)35(27)21-9-7-20(8-10-21)33-14-16-36-17-15-33/h1-13,18,26-27H,14-17H2,(H,32,37)/t26-,27-/m0/s1. The van der Waals surface area contributed by atoms with E-state index in [0.717, 1.165) is 49.1 Å². The number of anilines is 2. The van der Waals surface area contributed by atoms with Crippen molar-refractivity contribution in [3.05, 3.63) is 107 Å². The van der Waals surface area contributed by atoms with Crippen molar-refractivity contribution in [1.29, 1.82) is 0 Å². The molecule has 0 saturated carbocycles. The van der Waals surface area contributed by atoms with Gasteiger partial charge in [0, 0.05) is 47.6 Å². The molecule has 0 amide bonds. The lowest BCUT2D eigenvalue weighted by molar-refractivity contribution is 0.122. The lowest BCUT2D eigenvalue weighted by Gasteiger charge is -2.31. The summed E-state index contributed by atoms with van der Waals surface area (Å²) in [7, 11) is 0. The van der Waals surface area contributed by atoms with E-state index in [1.165, 1.54) is 5.69 Å². The number of ether oxygens (including phenoxy) is 1. The molecule has 6 rings (SSSR count). The van der Waals surface area contributed by atoms with Crippen LogP contribution < -0.4 is 15.1 Å². The van der Waals surface area contributed by atoms with Gasteiger partial charge in [0.15, 0.2) is 5.11 Å². The molecule has 1 N–H and O–H groups in total. The molecule has 0 radical (unpaired) electrons. The molecule has 6 nitrogen and oxygen atoms in total. The van der Waals surface area contributed by atoms with Crippen LogP contribution in [-0.2, 0) is 4.74 Å². The third-order valence-corrected chi connectivity index (χ3v) is 7.71. The number of pyridine rings is 1. The third kappa shape index (κ3) is 4.68. The van der Waals surface area contributed by atoms with E-state index in [1.807, 2.05) is 48.8 Å². The minimum absolute atomic E-state index is 0.160. The van der Waals surface area contributed by atoms with Crippen LogP contribution in [0.4, 0.5) is 11.4 Å². The summed E-state index contributed by atoms with van der Waals surface area (Å²) in [5.74, 6) is 0. The summed E-state index contributed by atoms with van der Waals surface area (Å²) >= 11 is 18.8. The molecule has 2 fully saturated rings. The fourth-order valence-corrected chi connectivity index (χ4v) is 5.96. The monoisotopic (exact) mass is 549 g/mol. The van der Waals surface area contributed by atoms with Crippen LogP contribution in [-0.4, -0.2) is 41.0 Å². The van der Waals surface area contributed by atoms with Crippen molar-refractivity contribution in [3.8, 4) is 5.69 Å². The zero-order chi connectivity index (χ0) is 25.4. The second-order valence-electron chi connectivity index (χ2n) is 9.01. The van der Waals surface area contributed by atoms with Gasteiger partial charge in [0.25, 0.3) is 0 Å². The van der Waals surface area contributed by atoms with Crippen LogP contribution in [0.2, 0.25) is 10.0 Å². The van der Waals surface area contributed by atoms with Crippen LogP contribution in [0, 0.1) is 0 Å². The predicted molar refractivity (Wildman–Crippen MR) is 153 cm³/mol. The van der Waals surface area contributed by atoms with Crippen LogP contribution in [0.15, 0.2) is 85.2 Å². The van der Waals surface area contributed by atoms with E-state index < -0.39 is 0 Å². The van der Waals surface area contributed by atoms with Gasteiger partial charge >= 0.3 is 0 Å². The van der Waals surface area contributed by atoms with Crippen molar-refractivity contribution >= 4 is 51.9 Å². The molecule has 2 aliphatic heterocycles. The first-order valence-corrected chi connectivity index (χ1v) is 13.3. The number of nitrogens with zero attached hydrogens (tertiary/aromatic N) is 4. The number of aromatic nitrogens is 2. The van der Waals surface area contributed by atoms with Crippen LogP contribution in [0.3, 0.4) is 0 Å². The highest BCUT2D eigenvalue weighted by molar-refractivity contribution is 7.80. The van der Waals surface area contributed by atoms with Crippen LogP contribution in [0.25, 0.3) is 5.69 Å². The Morgan fingerprint density at radius 2 is 1.70 bits per heavy atom. The number of benzene rings is 2. The van der Waals surface area contributed by atoms with Gasteiger partial charge in [-0.25, -0.2) is 0 Å². The quantitative estimate of drug-likeness (QED) is 0.299. The molecule has 2 aromatic heterocycles. The molecule has 0 bridgehead atoms. The zero-order valence-corrected chi connectivity index (χ0v) is 22.3. The van der Waals surface area contributed by atoms with Gasteiger partial charge in [0.2, 0.25) is 0 Å². The number of nitrogens with one attached hydrogen (secondary N) is 1. The minimum atomic E-state index is -0.168. The van der Waals surface area contributed by atoms with Gasteiger partial charge < -0.3 is 24.4 Å². The topological polar surface area (TPSA) is 45.6 Å². The molecule has 2 saturated heterocycles. The van der Waals surface area contributed by atoms with Gasteiger partial charge in [-0.2, -0.15) is 0 Å². The summed E-state index contributed by atoms with van der Waals surface area (Å²) in [5.41, 5.74) is 4.99. The van der Waals surface area contributed by atoms with Crippen molar-refractivity contribution in [2.45, 2.75) is 12.1 Å².